The third kappa shape index (κ3) is 2.55. The third-order valence-electron chi connectivity index (χ3n) is 6.51. The maximum absolute atomic E-state index is 13.2. The minimum Gasteiger partial charge on any atom is -0.497 e. The molecule has 1 fully saturated rings. The number of aromatic nitrogens is 1. The van der Waals surface area contributed by atoms with Crippen LogP contribution in [0.25, 0.3) is 10.9 Å². The zero-order chi connectivity index (χ0) is 20.2. The minimum atomic E-state index is -0.518. The number of carbonyl (C=O) groups excluding carboxylic acids is 2. The van der Waals surface area contributed by atoms with Crippen LogP contribution in [0.1, 0.15) is 34.5 Å². The van der Waals surface area contributed by atoms with E-state index in [0.717, 1.165) is 33.5 Å². The van der Waals surface area contributed by atoms with E-state index in [1.54, 1.807) is 7.11 Å². The number of aryl methyl sites for hydroxylation is 1. The molecule has 0 bridgehead atoms. The lowest BCUT2D eigenvalue weighted by molar-refractivity contribution is -0.122. The molecular weight excluding hydrogens is 366 g/mol. The highest BCUT2D eigenvalue weighted by molar-refractivity contribution is 6.07. The SMILES string of the molecule is COc1ccc2[nH]c(C(=O)N3CCC4(CC3)C(=O)Nc3ccccc34)c(C)c2c1. The molecule has 0 aliphatic carbocycles. The van der Waals surface area contributed by atoms with Crippen molar-refractivity contribution in [3.05, 3.63) is 59.3 Å². The van der Waals surface area contributed by atoms with Gasteiger partial charge in [-0.25, -0.2) is 0 Å². The number of anilines is 1. The van der Waals surface area contributed by atoms with E-state index in [4.69, 9.17) is 4.74 Å². The van der Waals surface area contributed by atoms with Crippen LogP contribution in [-0.4, -0.2) is 41.9 Å². The fourth-order valence-corrected chi connectivity index (χ4v) is 4.77. The van der Waals surface area contributed by atoms with Gasteiger partial charge < -0.3 is 19.9 Å². The van der Waals surface area contributed by atoms with Crippen molar-refractivity contribution in [3.63, 3.8) is 0 Å². The van der Waals surface area contributed by atoms with E-state index in [2.05, 4.69) is 10.3 Å². The van der Waals surface area contributed by atoms with Crippen LogP contribution in [0.2, 0.25) is 0 Å². The molecule has 3 heterocycles. The van der Waals surface area contributed by atoms with Crippen molar-refractivity contribution in [1.82, 2.24) is 9.88 Å². The summed E-state index contributed by atoms with van der Waals surface area (Å²) in [6.45, 7) is 3.06. The van der Waals surface area contributed by atoms with Crippen molar-refractivity contribution in [1.29, 1.82) is 0 Å². The molecule has 0 atom stereocenters. The van der Waals surface area contributed by atoms with E-state index in [1.165, 1.54) is 0 Å². The first kappa shape index (κ1) is 17.8. The van der Waals surface area contributed by atoms with Crippen molar-refractivity contribution in [2.75, 3.05) is 25.5 Å². The number of carbonyl (C=O) groups is 2. The van der Waals surface area contributed by atoms with Crippen molar-refractivity contribution in [2.24, 2.45) is 0 Å². The number of nitrogens with one attached hydrogen (secondary N) is 2. The highest BCUT2D eigenvalue weighted by atomic mass is 16.5. The van der Waals surface area contributed by atoms with E-state index in [-0.39, 0.29) is 11.8 Å². The Balaban J connectivity index is 1.40. The summed E-state index contributed by atoms with van der Waals surface area (Å²) in [5.74, 6) is 0.809. The Kier molecular flexibility index (Phi) is 3.91. The number of para-hydroxylation sites is 1. The number of aromatic amines is 1. The molecule has 5 rings (SSSR count). The predicted molar refractivity (Wildman–Crippen MR) is 111 cm³/mol. The quantitative estimate of drug-likeness (QED) is 0.703. The van der Waals surface area contributed by atoms with Gasteiger partial charge in [-0.3, -0.25) is 9.59 Å². The second kappa shape index (κ2) is 6.37. The van der Waals surface area contributed by atoms with Crippen LogP contribution in [0.5, 0.6) is 5.75 Å². The van der Waals surface area contributed by atoms with Crippen LogP contribution in [0.15, 0.2) is 42.5 Å². The first-order chi connectivity index (χ1) is 14.0. The van der Waals surface area contributed by atoms with Crippen LogP contribution < -0.4 is 10.1 Å². The summed E-state index contributed by atoms with van der Waals surface area (Å²) >= 11 is 0. The van der Waals surface area contributed by atoms with Gasteiger partial charge in [0, 0.05) is 29.7 Å². The Hall–Kier alpha value is -3.28. The highest BCUT2D eigenvalue weighted by Gasteiger charge is 2.48. The van der Waals surface area contributed by atoms with Gasteiger partial charge in [0.2, 0.25) is 5.91 Å². The summed E-state index contributed by atoms with van der Waals surface area (Å²) in [5.41, 5.74) is 3.90. The van der Waals surface area contributed by atoms with Crippen molar-refractivity contribution < 1.29 is 14.3 Å². The Labute approximate surface area is 168 Å². The molecule has 0 saturated carbocycles. The Morgan fingerprint density at radius 3 is 2.66 bits per heavy atom. The number of rotatable bonds is 2. The summed E-state index contributed by atoms with van der Waals surface area (Å²) in [7, 11) is 1.64. The Morgan fingerprint density at radius 2 is 1.90 bits per heavy atom. The molecule has 1 saturated heterocycles. The average Bonchev–Trinajstić information content (AvgIpc) is 3.22. The van der Waals surface area contributed by atoms with Crippen LogP contribution >= 0.6 is 0 Å². The molecule has 6 nitrogen and oxygen atoms in total. The predicted octanol–water partition coefficient (Wildman–Crippen LogP) is 3.61. The summed E-state index contributed by atoms with van der Waals surface area (Å²) in [6.07, 6.45) is 1.27. The number of amides is 2. The van der Waals surface area contributed by atoms with Gasteiger partial charge in [-0.15, -0.1) is 0 Å². The molecule has 29 heavy (non-hydrogen) atoms. The van der Waals surface area contributed by atoms with Crippen molar-refractivity contribution in [2.45, 2.75) is 25.2 Å². The lowest BCUT2D eigenvalue weighted by Gasteiger charge is -2.38. The fourth-order valence-electron chi connectivity index (χ4n) is 4.77. The number of benzene rings is 2. The molecule has 1 aromatic heterocycles. The number of hydrogen-bond acceptors (Lipinski definition) is 3. The smallest absolute Gasteiger partial charge is 0.270 e. The molecule has 0 radical (unpaired) electrons. The normalized spacial score (nSPS) is 17.4. The molecule has 2 amide bonds. The number of likely N-dealkylation sites (tertiary alicyclic amines) is 1. The Bertz CT molecular complexity index is 1140. The standard InChI is InChI=1S/C23H23N3O3/c1-14-16-13-15(29-2)7-8-18(16)24-20(14)21(27)26-11-9-23(10-12-26)17-5-3-4-6-19(17)25-22(23)28/h3-8,13,24H,9-12H2,1-2H3,(H,25,28). The van der Waals surface area contributed by atoms with Crippen LogP contribution in [0, 0.1) is 6.92 Å². The lowest BCUT2D eigenvalue weighted by Crippen LogP contribution is -2.48. The number of methoxy groups -OCH3 is 1. The van der Waals surface area contributed by atoms with E-state index in [1.807, 2.05) is 54.3 Å². The van der Waals surface area contributed by atoms with E-state index < -0.39 is 5.41 Å². The second-order valence-corrected chi connectivity index (χ2v) is 7.91. The number of hydrogen-bond donors (Lipinski definition) is 2. The summed E-state index contributed by atoms with van der Waals surface area (Å²) in [5, 5.41) is 4.00. The molecular formula is C23H23N3O3. The van der Waals surface area contributed by atoms with Gasteiger partial charge in [-0.1, -0.05) is 18.2 Å². The summed E-state index contributed by atoms with van der Waals surface area (Å²) < 4.78 is 5.31. The minimum absolute atomic E-state index is 0.0146. The van der Waals surface area contributed by atoms with Gasteiger partial charge in [-0.05, 0) is 55.2 Å². The van der Waals surface area contributed by atoms with Gasteiger partial charge >= 0.3 is 0 Å². The molecule has 2 aliphatic rings. The van der Waals surface area contributed by atoms with Gasteiger partial charge in [0.1, 0.15) is 11.4 Å². The topological polar surface area (TPSA) is 74.4 Å². The van der Waals surface area contributed by atoms with Crippen molar-refractivity contribution >= 4 is 28.4 Å². The van der Waals surface area contributed by atoms with Crippen LogP contribution in [-0.2, 0) is 10.2 Å². The summed E-state index contributed by atoms with van der Waals surface area (Å²) in [4.78, 5) is 31.1. The van der Waals surface area contributed by atoms with Gasteiger partial charge in [-0.2, -0.15) is 0 Å². The first-order valence-corrected chi connectivity index (χ1v) is 9.90. The van der Waals surface area contributed by atoms with E-state index >= 15 is 0 Å². The lowest BCUT2D eigenvalue weighted by atomic mass is 9.73. The third-order valence-corrected chi connectivity index (χ3v) is 6.51. The molecule has 3 aromatic rings. The zero-order valence-corrected chi connectivity index (χ0v) is 16.5. The highest BCUT2D eigenvalue weighted by Crippen LogP contribution is 2.45. The van der Waals surface area contributed by atoms with Gasteiger partial charge in [0.25, 0.3) is 5.91 Å². The number of H-pyrrole nitrogens is 1. The zero-order valence-electron chi connectivity index (χ0n) is 16.5. The average molecular weight is 389 g/mol. The fraction of sp³-hybridized carbons (Fsp3) is 0.304. The molecule has 2 N–H and O–H groups in total. The van der Waals surface area contributed by atoms with Crippen LogP contribution in [0.4, 0.5) is 5.69 Å². The van der Waals surface area contributed by atoms with Gasteiger partial charge in [0.15, 0.2) is 0 Å². The first-order valence-electron chi connectivity index (χ1n) is 9.90. The van der Waals surface area contributed by atoms with E-state index in [9.17, 15) is 9.59 Å². The van der Waals surface area contributed by atoms with E-state index in [0.29, 0.717) is 31.6 Å². The summed E-state index contributed by atoms with van der Waals surface area (Å²) in [6, 6.07) is 13.6. The molecule has 2 aliphatic heterocycles. The van der Waals surface area contributed by atoms with Crippen LogP contribution in [0.3, 0.4) is 0 Å². The second-order valence-electron chi connectivity index (χ2n) is 7.91. The number of ether oxygens (including phenoxy) is 1. The molecule has 148 valence electrons. The number of fused-ring (bicyclic) bond motifs is 3. The molecule has 0 unspecified atom stereocenters. The van der Waals surface area contributed by atoms with Gasteiger partial charge in [0.05, 0.1) is 12.5 Å². The largest absolute Gasteiger partial charge is 0.497 e. The number of piperidine rings is 1. The van der Waals surface area contributed by atoms with Crippen molar-refractivity contribution in [3.8, 4) is 5.75 Å². The monoisotopic (exact) mass is 389 g/mol. The Morgan fingerprint density at radius 1 is 1.14 bits per heavy atom. The molecule has 6 heteroatoms. The number of nitrogens with zero attached hydrogens (tertiary/aromatic N) is 1. The maximum atomic E-state index is 13.2. The molecule has 1 spiro atoms. The maximum Gasteiger partial charge on any atom is 0.270 e. The molecule has 2 aromatic carbocycles.